The first-order valence-corrected chi connectivity index (χ1v) is 4.57. The third-order valence-electron chi connectivity index (χ3n) is 1.54. The summed E-state index contributed by atoms with van der Waals surface area (Å²) in [5.74, 6) is -0.140. The smallest absolute Gasteiger partial charge is 0.251 e. The van der Waals surface area contributed by atoms with Crippen LogP contribution in [0.5, 0.6) is 0 Å². The van der Waals surface area contributed by atoms with Crippen LogP contribution in [0.25, 0.3) is 11.5 Å². The summed E-state index contributed by atoms with van der Waals surface area (Å²) in [5, 5.41) is 7.14. The summed E-state index contributed by atoms with van der Waals surface area (Å²) in [5.41, 5.74) is 0.362. The molecule has 0 aliphatic rings. The lowest BCUT2D eigenvalue weighted by atomic mass is 10.2. The van der Waals surface area contributed by atoms with Crippen LogP contribution in [0, 0.1) is 9.39 Å². The van der Waals surface area contributed by atoms with Crippen molar-refractivity contribution in [1.29, 1.82) is 0 Å². The molecule has 2 aromatic rings. The maximum Gasteiger partial charge on any atom is 0.251 e. The van der Waals surface area contributed by atoms with Crippen LogP contribution in [0.1, 0.15) is 0 Å². The van der Waals surface area contributed by atoms with Gasteiger partial charge in [0.15, 0.2) is 0 Å². The van der Waals surface area contributed by atoms with Crippen LogP contribution < -0.4 is 0 Å². The maximum absolute atomic E-state index is 13.3. The minimum atomic E-state index is -0.351. The third kappa shape index (κ3) is 1.55. The second-order valence-electron chi connectivity index (χ2n) is 2.34. The van der Waals surface area contributed by atoms with Gasteiger partial charge in [-0.3, -0.25) is 0 Å². The molecule has 13 heavy (non-hydrogen) atoms. The Morgan fingerprint density at radius 1 is 1.38 bits per heavy atom. The van der Waals surface area contributed by atoms with E-state index in [0.717, 1.165) is 3.57 Å². The summed E-state index contributed by atoms with van der Waals surface area (Å²) < 4.78 is 18.9. The lowest BCUT2D eigenvalue weighted by molar-refractivity contribution is 0.557. The lowest BCUT2D eigenvalue weighted by Gasteiger charge is -1.99. The van der Waals surface area contributed by atoms with E-state index in [4.69, 9.17) is 4.42 Å². The highest BCUT2D eigenvalue weighted by molar-refractivity contribution is 14.1. The van der Waals surface area contributed by atoms with E-state index in [1.807, 2.05) is 22.6 Å². The summed E-state index contributed by atoms with van der Waals surface area (Å²) >= 11 is 2.02. The van der Waals surface area contributed by atoms with Gasteiger partial charge < -0.3 is 4.42 Å². The van der Waals surface area contributed by atoms with Gasteiger partial charge in [0.05, 0.1) is 5.56 Å². The molecule has 0 aliphatic carbocycles. The molecule has 2 rings (SSSR count). The minimum Gasteiger partial charge on any atom is -0.423 e. The van der Waals surface area contributed by atoms with Gasteiger partial charge in [-0.15, -0.1) is 10.2 Å². The van der Waals surface area contributed by atoms with E-state index >= 15 is 0 Å². The molecule has 0 bridgehead atoms. The zero-order valence-corrected chi connectivity index (χ0v) is 8.53. The molecular weight excluding hydrogens is 286 g/mol. The van der Waals surface area contributed by atoms with Crippen molar-refractivity contribution >= 4 is 22.6 Å². The lowest BCUT2D eigenvalue weighted by Crippen LogP contribution is -1.88. The Balaban J connectivity index is 2.64. The fourth-order valence-electron chi connectivity index (χ4n) is 0.984. The van der Waals surface area contributed by atoms with Crippen LogP contribution in [-0.2, 0) is 0 Å². The normalized spacial score (nSPS) is 10.3. The topological polar surface area (TPSA) is 38.9 Å². The molecule has 0 aliphatic heterocycles. The number of aromatic nitrogens is 2. The highest BCUT2D eigenvalue weighted by atomic mass is 127. The van der Waals surface area contributed by atoms with Crippen molar-refractivity contribution in [2.45, 2.75) is 0 Å². The van der Waals surface area contributed by atoms with Crippen LogP contribution in [-0.4, -0.2) is 10.2 Å². The largest absolute Gasteiger partial charge is 0.423 e. The van der Waals surface area contributed by atoms with E-state index in [2.05, 4.69) is 10.2 Å². The first-order valence-electron chi connectivity index (χ1n) is 3.49. The molecule has 0 radical (unpaired) electrons. The summed E-state index contributed by atoms with van der Waals surface area (Å²) in [6.45, 7) is 0. The summed E-state index contributed by atoms with van der Waals surface area (Å²) in [6.07, 6.45) is 1.18. The molecule has 0 atom stereocenters. The first-order chi connectivity index (χ1) is 6.29. The van der Waals surface area contributed by atoms with Gasteiger partial charge >= 0.3 is 0 Å². The van der Waals surface area contributed by atoms with Crippen molar-refractivity contribution in [3.63, 3.8) is 0 Å². The van der Waals surface area contributed by atoms with E-state index in [9.17, 15) is 4.39 Å². The monoisotopic (exact) mass is 290 g/mol. The van der Waals surface area contributed by atoms with Crippen molar-refractivity contribution in [2.75, 3.05) is 0 Å². The van der Waals surface area contributed by atoms with Crippen molar-refractivity contribution in [3.8, 4) is 11.5 Å². The van der Waals surface area contributed by atoms with E-state index in [0.29, 0.717) is 5.56 Å². The van der Waals surface area contributed by atoms with E-state index in [1.165, 1.54) is 12.5 Å². The molecule has 3 nitrogen and oxygen atoms in total. The van der Waals surface area contributed by atoms with Crippen LogP contribution in [0.15, 0.2) is 29.0 Å². The molecule has 0 fully saturated rings. The van der Waals surface area contributed by atoms with Crippen molar-refractivity contribution in [1.82, 2.24) is 10.2 Å². The third-order valence-corrected chi connectivity index (χ3v) is 2.44. The summed E-state index contributed by atoms with van der Waals surface area (Å²) in [6, 6.07) is 4.78. The second kappa shape index (κ2) is 3.41. The highest BCUT2D eigenvalue weighted by Gasteiger charge is 2.12. The van der Waals surface area contributed by atoms with Gasteiger partial charge in [-0.25, -0.2) is 4.39 Å². The van der Waals surface area contributed by atoms with Gasteiger partial charge in [0.25, 0.3) is 5.89 Å². The van der Waals surface area contributed by atoms with Gasteiger partial charge in [0.2, 0.25) is 6.39 Å². The fraction of sp³-hybridized carbons (Fsp3) is 0. The Morgan fingerprint density at radius 2 is 2.23 bits per heavy atom. The molecule has 1 aromatic carbocycles. The van der Waals surface area contributed by atoms with Crippen molar-refractivity contribution in [2.24, 2.45) is 0 Å². The quantitative estimate of drug-likeness (QED) is 0.757. The molecular formula is C8H4FIN2O. The summed E-state index contributed by atoms with van der Waals surface area (Å²) in [4.78, 5) is 0. The summed E-state index contributed by atoms with van der Waals surface area (Å²) in [7, 11) is 0. The predicted molar refractivity (Wildman–Crippen MR) is 52.4 cm³/mol. The average molecular weight is 290 g/mol. The number of nitrogens with zero attached hydrogens (tertiary/aromatic N) is 2. The van der Waals surface area contributed by atoms with Gasteiger partial charge in [-0.2, -0.15) is 0 Å². The van der Waals surface area contributed by atoms with Crippen LogP contribution in [0.4, 0.5) is 4.39 Å². The van der Waals surface area contributed by atoms with E-state index < -0.39 is 0 Å². The van der Waals surface area contributed by atoms with Gasteiger partial charge in [0.1, 0.15) is 5.82 Å². The Bertz CT molecular complexity index is 396. The van der Waals surface area contributed by atoms with E-state index in [-0.39, 0.29) is 11.7 Å². The molecule has 1 aromatic heterocycles. The van der Waals surface area contributed by atoms with Crippen LogP contribution in [0.3, 0.4) is 0 Å². The zero-order valence-electron chi connectivity index (χ0n) is 6.37. The highest BCUT2D eigenvalue weighted by Crippen LogP contribution is 2.25. The SMILES string of the molecule is Fc1cccc(I)c1-c1nnco1. The molecule has 5 heteroatoms. The minimum absolute atomic E-state index is 0.211. The predicted octanol–water partition coefficient (Wildman–Crippen LogP) is 2.48. The molecule has 1 heterocycles. The number of halogens is 2. The Labute approximate surface area is 87.1 Å². The van der Waals surface area contributed by atoms with Gasteiger partial charge in [-0.05, 0) is 34.7 Å². The number of rotatable bonds is 1. The molecule has 66 valence electrons. The Kier molecular flexibility index (Phi) is 2.26. The number of hydrogen-bond acceptors (Lipinski definition) is 3. The first kappa shape index (κ1) is 8.61. The Hall–Kier alpha value is -0.980. The van der Waals surface area contributed by atoms with Crippen molar-refractivity contribution < 1.29 is 8.81 Å². The zero-order chi connectivity index (χ0) is 9.26. The fourth-order valence-corrected chi connectivity index (χ4v) is 1.68. The van der Waals surface area contributed by atoms with Gasteiger partial charge in [0, 0.05) is 3.57 Å². The van der Waals surface area contributed by atoms with Gasteiger partial charge in [-0.1, -0.05) is 6.07 Å². The number of hydrogen-bond donors (Lipinski definition) is 0. The Morgan fingerprint density at radius 3 is 2.85 bits per heavy atom. The molecule has 0 unspecified atom stereocenters. The molecule has 0 saturated carbocycles. The molecule has 0 saturated heterocycles. The number of benzene rings is 1. The van der Waals surface area contributed by atoms with Crippen molar-refractivity contribution in [3.05, 3.63) is 34.0 Å². The molecule has 0 spiro atoms. The van der Waals surface area contributed by atoms with Crippen LogP contribution in [0.2, 0.25) is 0 Å². The standard InChI is InChI=1S/C8H4FIN2O/c9-5-2-1-3-6(10)7(5)8-12-11-4-13-8/h1-4H. The molecule has 0 N–H and O–H groups in total. The second-order valence-corrected chi connectivity index (χ2v) is 3.50. The van der Waals surface area contributed by atoms with E-state index in [1.54, 1.807) is 12.1 Å². The molecule has 0 amide bonds. The maximum atomic E-state index is 13.3. The van der Waals surface area contributed by atoms with Crippen LogP contribution >= 0.6 is 22.6 Å². The average Bonchev–Trinajstić information content (AvgIpc) is 2.57.